The highest BCUT2D eigenvalue weighted by molar-refractivity contribution is 14.1. The number of imide groups is 1. The van der Waals surface area contributed by atoms with Gasteiger partial charge in [-0.3, -0.25) is 9.59 Å². The first kappa shape index (κ1) is 29.4. The van der Waals surface area contributed by atoms with Gasteiger partial charge in [0, 0.05) is 17.1 Å². The molecule has 3 aromatic carbocycles. The van der Waals surface area contributed by atoms with Crippen LogP contribution in [0, 0.1) is 9.39 Å². The number of methoxy groups -OCH3 is 1. The highest BCUT2D eigenvalue weighted by Gasteiger charge is 2.45. The van der Waals surface area contributed by atoms with Gasteiger partial charge in [-0.1, -0.05) is 42.5 Å². The van der Waals surface area contributed by atoms with Crippen LogP contribution in [0.5, 0.6) is 5.75 Å². The van der Waals surface area contributed by atoms with Crippen molar-refractivity contribution in [2.24, 2.45) is 0 Å². The maximum Gasteiger partial charge on any atom is 0.325 e. The molecular formula is C29H29FIN3O6. The molecule has 9 nitrogen and oxygen atoms in total. The van der Waals surface area contributed by atoms with Gasteiger partial charge in [-0.15, -0.1) is 0 Å². The van der Waals surface area contributed by atoms with Crippen LogP contribution in [-0.4, -0.2) is 62.3 Å². The first-order valence-corrected chi connectivity index (χ1v) is 13.7. The molecule has 0 saturated carbocycles. The predicted molar refractivity (Wildman–Crippen MR) is 154 cm³/mol. The molecule has 0 aromatic heterocycles. The number of carbonyl (C=O) groups is 3. The summed E-state index contributed by atoms with van der Waals surface area (Å²) in [6.45, 7) is 1.71. The average Bonchev–Trinajstić information content (AvgIpc) is 3.25. The van der Waals surface area contributed by atoms with Crippen LogP contribution in [0.4, 0.5) is 14.9 Å². The third-order valence-electron chi connectivity index (χ3n) is 6.19. The van der Waals surface area contributed by atoms with Gasteiger partial charge in [0.1, 0.15) is 30.3 Å². The number of urea groups is 1. The fourth-order valence-corrected chi connectivity index (χ4v) is 4.63. The third-order valence-corrected chi connectivity index (χ3v) is 6.86. The van der Waals surface area contributed by atoms with E-state index in [4.69, 9.17) is 14.2 Å². The van der Waals surface area contributed by atoms with E-state index in [1.165, 1.54) is 12.1 Å². The van der Waals surface area contributed by atoms with Gasteiger partial charge >= 0.3 is 6.03 Å². The summed E-state index contributed by atoms with van der Waals surface area (Å²) >= 11 is 1.97. The predicted octanol–water partition coefficient (Wildman–Crippen LogP) is 4.32. The largest absolute Gasteiger partial charge is 0.491 e. The van der Waals surface area contributed by atoms with Crippen LogP contribution in [-0.2, 0) is 25.5 Å². The molecule has 210 valence electrons. The first-order chi connectivity index (χ1) is 19.4. The summed E-state index contributed by atoms with van der Waals surface area (Å²) in [4.78, 5) is 40.9. The number of anilines is 1. The minimum absolute atomic E-state index is 0.0354. The van der Waals surface area contributed by atoms with Gasteiger partial charge in [-0.2, -0.15) is 0 Å². The van der Waals surface area contributed by atoms with E-state index in [2.05, 4.69) is 10.6 Å². The SMILES string of the molecule is COCCOCCOc1ccc(C2NC(=O)N(C(Cc3ccccc3)C(=O)Nc3ccc(I)cc3F)C2=O)cc1. The number of nitrogens with zero attached hydrogens (tertiary/aromatic N) is 1. The molecule has 1 aliphatic heterocycles. The van der Waals surface area contributed by atoms with E-state index in [0.717, 1.165) is 10.5 Å². The van der Waals surface area contributed by atoms with E-state index in [-0.39, 0.29) is 12.1 Å². The van der Waals surface area contributed by atoms with Crippen molar-refractivity contribution >= 4 is 46.1 Å². The zero-order valence-corrected chi connectivity index (χ0v) is 23.9. The molecule has 40 heavy (non-hydrogen) atoms. The van der Waals surface area contributed by atoms with Gasteiger partial charge in [0.2, 0.25) is 5.91 Å². The maximum atomic E-state index is 14.5. The molecule has 1 fully saturated rings. The Morgan fingerprint density at radius 1 is 1.02 bits per heavy atom. The number of benzene rings is 3. The van der Waals surface area contributed by atoms with E-state index >= 15 is 0 Å². The molecule has 2 N–H and O–H groups in total. The van der Waals surface area contributed by atoms with Crippen molar-refractivity contribution in [1.82, 2.24) is 10.2 Å². The summed E-state index contributed by atoms with van der Waals surface area (Å²) in [5, 5.41) is 5.22. The normalized spacial score (nSPS) is 15.6. The number of hydrogen-bond acceptors (Lipinski definition) is 6. The number of carbonyl (C=O) groups excluding carboxylic acids is 3. The van der Waals surface area contributed by atoms with Crippen molar-refractivity contribution < 1.29 is 33.0 Å². The molecule has 0 radical (unpaired) electrons. The standard InChI is InChI=1S/C29H29FIN3O6/c1-38-13-14-39-15-16-40-22-10-7-20(8-11-22)26-28(36)34(29(37)33-26)25(17-19-5-3-2-4-6-19)27(35)32-24-12-9-21(31)18-23(24)30/h2-12,18,25-26H,13-17H2,1H3,(H,32,35)(H,33,37). The Morgan fingerprint density at radius 2 is 1.75 bits per heavy atom. The Morgan fingerprint density at radius 3 is 2.45 bits per heavy atom. The summed E-state index contributed by atoms with van der Waals surface area (Å²) in [5.41, 5.74) is 1.24. The third kappa shape index (κ3) is 7.55. The summed E-state index contributed by atoms with van der Waals surface area (Å²) in [5.74, 6) is -1.29. The van der Waals surface area contributed by atoms with Gasteiger partial charge < -0.3 is 24.8 Å². The van der Waals surface area contributed by atoms with Crippen LogP contribution in [0.2, 0.25) is 0 Å². The monoisotopic (exact) mass is 661 g/mol. The van der Waals surface area contributed by atoms with Crippen LogP contribution in [0.3, 0.4) is 0 Å². The summed E-state index contributed by atoms with van der Waals surface area (Å²) in [7, 11) is 1.60. The molecule has 0 bridgehead atoms. The Bertz CT molecular complexity index is 1330. The molecule has 0 aliphatic carbocycles. The van der Waals surface area contributed by atoms with Gasteiger partial charge in [0.15, 0.2) is 0 Å². The lowest BCUT2D eigenvalue weighted by Gasteiger charge is -2.25. The molecule has 2 unspecified atom stereocenters. The number of nitrogens with one attached hydrogen (secondary N) is 2. The molecule has 1 saturated heterocycles. The minimum atomic E-state index is -1.21. The topological polar surface area (TPSA) is 106 Å². The Labute approximate surface area is 245 Å². The molecule has 4 rings (SSSR count). The van der Waals surface area contributed by atoms with Crippen LogP contribution in [0.15, 0.2) is 72.8 Å². The lowest BCUT2D eigenvalue weighted by Crippen LogP contribution is -2.49. The first-order valence-electron chi connectivity index (χ1n) is 12.6. The summed E-state index contributed by atoms with van der Waals surface area (Å²) in [6.07, 6.45) is 0.0593. The van der Waals surface area contributed by atoms with Crippen molar-refractivity contribution in [1.29, 1.82) is 0 Å². The van der Waals surface area contributed by atoms with Crippen molar-refractivity contribution in [3.8, 4) is 5.75 Å². The van der Waals surface area contributed by atoms with Crippen LogP contribution in [0.1, 0.15) is 17.2 Å². The van der Waals surface area contributed by atoms with E-state index in [1.54, 1.807) is 61.7 Å². The average molecular weight is 661 g/mol. The fourth-order valence-electron chi connectivity index (χ4n) is 4.18. The molecule has 1 heterocycles. The molecule has 1 aliphatic rings. The lowest BCUT2D eigenvalue weighted by atomic mass is 10.0. The second-order valence-corrected chi connectivity index (χ2v) is 10.2. The van der Waals surface area contributed by atoms with Gasteiger partial charge in [-0.25, -0.2) is 14.1 Å². The van der Waals surface area contributed by atoms with Gasteiger partial charge in [-0.05, 0) is 64.0 Å². The number of ether oxygens (including phenoxy) is 3. The Hall–Kier alpha value is -3.55. The second kappa shape index (κ2) is 14.2. The van der Waals surface area contributed by atoms with E-state index in [0.29, 0.717) is 41.3 Å². The molecular weight excluding hydrogens is 632 g/mol. The Balaban J connectivity index is 1.48. The maximum absolute atomic E-state index is 14.5. The highest BCUT2D eigenvalue weighted by atomic mass is 127. The lowest BCUT2D eigenvalue weighted by molar-refractivity contribution is -0.134. The van der Waals surface area contributed by atoms with Crippen molar-refractivity contribution in [2.75, 3.05) is 38.9 Å². The molecule has 2 atom stereocenters. The molecule has 3 aromatic rings. The minimum Gasteiger partial charge on any atom is -0.491 e. The quantitative estimate of drug-likeness (QED) is 0.161. The van der Waals surface area contributed by atoms with Crippen LogP contribution in [0.25, 0.3) is 0 Å². The second-order valence-electron chi connectivity index (χ2n) is 8.93. The Kier molecular flexibility index (Phi) is 10.4. The number of amides is 4. The number of halogens is 2. The van der Waals surface area contributed by atoms with Gasteiger partial charge in [0.05, 0.1) is 25.5 Å². The fraction of sp³-hybridized carbons (Fsp3) is 0.276. The number of rotatable bonds is 13. The zero-order valence-electron chi connectivity index (χ0n) is 21.8. The van der Waals surface area contributed by atoms with Crippen molar-refractivity contribution in [3.05, 3.63) is 93.3 Å². The van der Waals surface area contributed by atoms with Crippen LogP contribution < -0.4 is 15.4 Å². The van der Waals surface area contributed by atoms with E-state index < -0.39 is 35.7 Å². The smallest absolute Gasteiger partial charge is 0.325 e. The van der Waals surface area contributed by atoms with Crippen molar-refractivity contribution in [2.45, 2.75) is 18.5 Å². The summed E-state index contributed by atoms with van der Waals surface area (Å²) in [6, 6.07) is 17.2. The van der Waals surface area contributed by atoms with Crippen LogP contribution >= 0.6 is 22.6 Å². The summed E-state index contributed by atoms with van der Waals surface area (Å²) < 4.78 is 31.1. The van der Waals surface area contributed by atoms with Crippen molar-refractivity contribution in [3.63, 3.8) is 0 Å². The van der Waals surface area contributed by atoms with E-state index in [9.17, 15) is 18.8 Å². The highest BCUT2D eigenvalue weighted by Crippen LogP contribution is 2.27. The van der Waals surface area contributed by atoms with Gasteiger partial charge in [0.25, 0.3) is 5.91 Å². The molecule has 4 amide bonds. The zero-order chi connectivity index (χ0) is 28.5. The molecule has 11 heteroatoms. The number of hydrogen-bond donors (Lipinski definition) is 2. The van der Waals surface area contributed by atoms with E-state index in [1.807, 2.05) is 28.7 Å². The molecule has 0 spiro atoms.